The fourth-order valence-corrected chi connectivity index (χ4v) is 2.64. The topological polar surface area (TPSA) is 43.1 Å². The predicted octanol–water partition coefficient (Wildman–Crippen LogP) is 3.54. The van der Waals surface area contributed by atoms with Gasteiger partial charge in [-0.15, -0.1) is 0 Å². The summed E-state index contributed by atoms with van der Waals surface area (Å²) in [5.41, 5.74) is 6.14. The van der Waals surface area contributed by atoms with E-state index in [0.29, 0.717) is 18.1 Å². The number of nitrogens with two attached hydrogens (primary N) is 1. The minimum Gasteiger partial charge on any atom is -0.327 e. The van der Waals surface area contributed by atoms with Crippen LogP contribution in [0.5, 0.6) is 0 Å². The van der Waals surface area contributed by atoms with E-state index in [-0.39, 0.29) is 11.5 Å². The molecule has 1 rings (SSSR count). The molecule has 0 aromatic carbocycles. The maximum Gasteiger partial charge on any atom is 0.137 e. The molecule has 2 heteroatoms. The third kappa shape index (κ3) is 4.42. The average Bonchev–Trinajstić information content (AvgIpc) is 2.27. The van der Waals surface area contributed by atoms with Crippen molar-refractivity contribution in [2.75, 3.05) is 0 Å². The van der Waals surface area contributed by atoms with Crippen molar-refractivity contribution < 1.29 is 4.79 Å². The fraction of sp³-hybridized carbons (Fsp3) is 0.933. The zero-order chi connectivity index (χ0) is 13.1. The first kappa shape index (κ1) is 14.7. The first-order chi connectivity index (χ1) is 7.84. The number of carbonyl (C=O) groups excluding carboxylic acids is 1. The van der Waals surface area contributed by atoms with Gasteiger partial charge in [-0.2, -0.15) is 0 Å². The van der Waals surface area contributed by atoms with Crippen LogP contribution in [0.2, 0.25) is 0 Å². The molecule has 0 bridgehead atoms. The second-order valence-electron chi connectivity index (χ2n) is 6.78. The van der Waals surface area contributed by atoms with Gasteiger partial charge in [-0.05, 0) is 24.2 Å². The van der Waals surface area contributed by atoms with Crippen molar-refractivity contribution >= 4 is 5.78 Å². The van der Waals surface area contributed by atoms with Gasteiger partial charge < -0.3 is 5.73 Å². The molecule has 3 unspecified atom stereocenters. The van der Waals surface area contributed by atoms with Crippen LogP contribution in [0.3, 0.4) is 0 Å². The molecule has 1 aliphatic rings. The second kappa shape index (κ2) is 5.99. The Kier molecular flexibility index (Phi) is 5.18. The van der Waals surface area contributed by atoms with E-state index in [1.54, 1.807) is 0 Å². The Morgan fingerprint density at radius 2 is 2.00 bits per heavy atom. The van der Waals surface area contributed by atoms with E-state index in [0.717, 1.165) is 18.8 Å². The van der Waals surface area contributed by atoms with E-state index in [2.05, 4.69) is 27.7 Å². The lowest BCUT2D eigenvalue weighted by Gasteiger charge is -2.31. The first-order valence-electron chi connectivity index (χ1n) is 7.12. The SMILES string of the molecule is CCC1CCCC(C(=O)CC(N)C(C)(C)C)C1. The molecule has 2 N–H and O–H groups in total. The predicted molar refractivity (Wildman–Crippen MR) is 72.8 cm³/mol. The normalized spacial score (nSPS) is 27.8. The maximum atomic E-state index is 12.2. The van der Waals surface area contributed by atoms with Crippen molar-refractivity contribution in [3.63, 3.8) is 0 Å². The van der Waals surface area contributed by atoms with Crippen LogP contribution in [-0.4, -0.2) is 11.8 Å². The van der Waals surface area contributed by atoms with Crippen LogP contribution >= 0.6 is 0 Å². The Balaban J connectivity index is 2.47. The summed E-state index contributed by atoms with van der Waals surface area (Å²) in [4.78, 5) is 12.2. The van der Waals surface area contributed by atoms with Crippen LogP contribution < -0.4 is 5.73 Å². The van der Waals surface area contributed by atoms with Gasteiger partial charge in [0, 0.05) is 18.4 Å². The Morgan fingerprint density at radius 1 is 1.35 bits per heavy atom. The molecule has 0 spiro atoms. The highest BCUT2D eigenvalue weighted by molar-refractivity contribution is 5.81. The maximum absolute atomic E-state index is 12.2. The minimum atomic E-state index is -0.00277. The summed E-state index contributed by atoms with van der Waals surface area (Å²) < 4.78 is 0. The van der Waals surface area contributed by atoms with E-state index < -0.39 is 0 Å². The second-order valence-corrected chi connectivity index (χ2v) is 6.78. The van der Waals surface area contributed by atoms with Crippen LogP contribution in [0.4, 0.5) is 0 Å². The summed E-state index contributed by atoms with van der Waals surface area (Å²) in [6.45, 7) is 8.57. The van der Waals surface area contributed by atoms with Gasteiger partial charge in [-0.1, -0.05) is 47.0 Å². The highest BCUT2D eigenvalue weighted by Gasteiger charge is 2.30. The van der Waals surface area contributed by atoms with Crippen molar-refractivity contribution in [3.05, 3.63) is 0 Å². The van der Waals surface area contributed by atoms with Crippen molar-refractivity contribution in [2.24, 2.45) is 23.0 Å². The van der Waals surface area contributed by atoms with Gasteiger partial charge in [0.05, 0.1) is 0 Å². The first-order valence-corrected chi connectivity index (χ1v) is 7.12. The van der Waals surface area contributed by atoms with Crippen LogP contribution in [0.25, 0.3) is 0 Å². The Morgan fingerprint density at radius 3 is 2.53 bits per heavy atom. The Bertz CT molecular complexity index is 254. The molecule has 2 nitrogen and oxygen atoms in total. The molecule has 3 atom stereocenters. The van der Waals surface area contributed by atoms with Crippen molar-refractivity contribution in [1.82, 2.24) is 0 Å². The largest absolute Gasteiger partial charge is 0.327 e. The van der Waals surface area contributed by atoms with E-state index in [1.807, 2.05) is 0 Å². The summed E-state index contributed by atoms with van der Waals surface area (Å²) in [6.07, 6.45) is 6.50. The van der Waals surface area contributed by atoms with Gasteiger partial charge in [-0.25, -0.2) is 0 Å². The Labute approximate surface area is 106 Å². The molecule has 100 valence electrons. The lowest BCUT2D eigenvalue weighted by molar-refractivity contribution is -0.125. The molecular formula is C15H29NO. The third-order valence-corrected chi connectivity index (χ3v) is 4.35. The molecule has 0 amide bonds. The zero-order valence-corrected chi connectivity index (χ0v) is 12.0. The summed E-state index contributed by atoms with van der Waals surface area (Å²) >= 11 is 0. The van der Waals surface area contributed by atoms with Crippen molar-refractivity contribution in [1.29, 1.82) is 0 Å². The van der Waals surface area contributed by atoms with Gasteiger partial charge in [0.2, 0.25) is 0 Å². The third-order valence-electron chi connectivity index (χ3n) is 4.35. The summed E-state index contributed by atoms with van der Waals surface area (Å²) in [6, 6.07) is -0.00277. The van der Waals surface area contributed by atoms with E-state index in [1.165, 1.54) is 19.3 Å². The molecule has 1 fully saturated rings. The number of Topliss-reactive ketones (excluding diaryl/α,β-unsaturated/α-hetero) is 1. The van der Waals surface area contributed by atoms with Gasteiger partial charge >= 0.3 is 0 Å². The standard InChI is InChI=1S/C15H29NO/c1-5-11-7-6-8-12(9-11)13(17)10-14(16)15(2,3)4/h11-12,14H,5-10,16H2,1-4H3. The number of rotatable bonds is 4. The summed E-state index contributed by atoms with van der Waals surface area (Å²) in [5, 5.41) is 0. The number of hydrogen-bond acceptors (Lipinski definition) is 2. The minimum absolute atomic E-state index is 0.00277. The molecule has 0 heterocycles. The van der Waals surface area contributed by atoms with Gasteiger partial charge in [-0.3, -0.25) is 4.79 Å². The van der Waals surface area contributed by atoms with E-state index in [9.17, 15) is 4.79 Å². The molecule has 0 aromatic rings. The van der Waals surface area contributed by atoms with Gasteiger partial charge in [0.1, 0.15) is 5.78 Å². The smallest absolute Gasteiger partial charge is 0.137 e. The van der Waals surface area contributed by atoms with Crippen molar-refractivity contribution in [2.45, 2.75) is 72.3 Å². The highest BCUT2D eigenvalue weighted by Crippen LogP contribution is 2.33. The lowest BCUT2D eigenvalue weighted by atomic mass is 9.75. The summed E-state index contributed by atoms with van der Waals surface area (Å²) in [7, 11) is 0. The van der Waals surface area contributed by atoms with Crippen LogP contribution in [-0.2, 0) is 4.79 Å². The molecule has 0 aliphatic heterocycles. The van der Waals surface area contributed by atoms with E-state index >= 15 is 0 Å². The highest BCUT2D eigenvalue weighted by atomic mass is 16.1. The van der Waals surface area contributed by atoms with Crippen LogP contribution in [0.1, 0.15) is 66.2 Å². The number of ketones is 1. The number of carbonyl (C=O) groups is 1. The van der Waals surface area contributed by atoms with Crippen LogP contribution in [0.15, 0.2) is 0 Å². The zero-order valence-electron chi connectivity index (χ0n) is 12.0. The fourth-order valence-electron chi connectivity index (χ4n) is 2.64. The van der Waals surface area contributed by atoms with Gasteiger partial charge in [0.25, 0.3) is 0 Å². The molecule has 17 heavy (non-hydrogen) atoms. The molecule has 1 saturated carbocycles. The molecule has 0 saturated heterocycles. The lowest BCUT2D eigenvalue weighted by Crippen LogP contribution is -2.38. The summed E-state index contributed by atoms with van der Waals surface area (Å²) in [5.74, 6) is 1.47. The molecule has 0 radical (unpaired) electrons. The number of hydrogen-bond donors (Lipinski definition) is 1. The van der Waals surface area contributed by atoms with Crippen molar-refractivity contribution in [3.8, 4) is 0 Å². The molecular weight excluding hydrogens is 210 g/mol. The molecule has 1 aliphatic carbocycles. The van der Waals surface area contributed by atoms with Gasteiger partial charge in [0.15, 0.2) is 0 Å². The molecule has 0 aromatic heterocycles. The van der Waals surface area contributed by atoms with E-state index in [4.69, 9.17) is 5.73 Å². The Hall–Kier alpha value is -0.370. The quantitative estimate of drug-likeness (QED) is 0.815. The van der Waals surface area contributed by atoms with Crippen LogP contribution in [0, 0.1) is 17.3 Å². The monoisotopic (exact) mass is 239 g/mol. The average molecular weight is 239 g/mol.